The van der Waals surface area contributed by atoms with E-state index in [1.165, 1.54) is 11.6 Å². The molecule has 1 aliphatic rings. The van der Waals surface area contributed by atoms with Gasteiger partial charge in [0.15, 0.2) is 11.2 Å². The van der Waals surface area contributed by atoms with E-state index in [9.17, 15) is 9.59 Å². The molecule has 3 aromatic rings. The molecule has 0 aliphatic carbocycles. The summed E-state index contributed by atoms with van der Waals surface area (Å²) in [7, 11) is 4.82. The van der Waals surface area contributed by atoms with Crippen molar-refractivity contribution >= 4 is 34.4 Å². The summed E-state index contributed by atoms with van der Waals surface area (Å²) in [6, 6.07) is 7.35. The Labute approximate surface area is 147 Å². The monoisotopic (exact) mass is 358 g/mol. The minimum absolute atomic E-state index is 0.350. The van der Waals surface area contributed by atoms with Gasteiger partial charge < -0.3 is 0 Å². The number of imidazole rings is 1. The SMILES string of the molecule is CN1N=C(c2ccc(Cl)cc2)Cn2c1nc1c2c(=O)n(C)c(=O)n1C. The third kappa shape index (κ3) is 2.21. The van der Waals surface area contributed by atoms with Gasteiger partial charge in [-0.1, -0.05) is 23.7 Å². The lowest BCUT2D eigenvalue weighted by molar-refractivity contribution is 0.703. The van der Waals surface area contributed by atoms with Crippen LogP contribution in [0, 0.1) is 0 Å². The molecule has 0 bridgehead atoms. The van der Waals surface area contributed by atoms with Crippen LogP contribution in [0.2, 0.25) is 5.02 Å². The van der Waals surface area contributed by atoms with Crippen molar-refractivity contribution in [2.45, 2.75) is 6.54 Å². The molecule has 0 fully saturated rings. The lowest BCUT2D eigenvalue weighted by Crippen LogP contribution is -2.38. The highest BCUT2D eigenvalue weighted by molar-refractivity contribution is 6.30. The molecule has 0 spiro atoms. The summed E-state index contributed by atoms with van der Waals surface area (Å²) in [6.07, 6.45) is 0. The van der Waals surface area contributed by atoms with Crippen molar-refractivity contribution in [1.82, 2.24) is 18.7 Å². The summed E-state index contributed by atoms with van der Waals surface area (Å²) in [5.74, 6) is 0.519. The molecule has 0 N–H and O–H groups in total. The summed E-state index contributed by atoms with van der Waals surface area (Å²) in [6.45, 7) is 0.380. The van der Waals surface area contributed by atoms with Gasteiger partial charge in [0.25, 0.3) is 5.56 Å². The number of benzene rings is 1. The van der Waals surface area contributed by atoms with Crippen LogP contribution < -0.4 is 16.3 Å². The molecule has 0 saturated heterocycles. The zero-order valence-electron chi connectivity index (χ0n) is 13.9. The fourth-order valence-electron chi connectivity index (χ4n) is 3.03. The van der Waals surface area contributed by atoms with Gasteiger partial charge in [0.05, 0.1) is 12.3 Å². The molecule has 0 saturated carbocycles. The number of hydrazone groups is 1. The highest BCUT2D eigenvalue weighted by Gasteiger charge is 2.25. The van der Waals surface area contributed by atoms with E-state index in [1.807, 2.05) is 12.1 Å². The predicted molar refractivity (Wildman–Crippen MR) is 96.6 cm³/mol. The molecule has 1 aromatic carbocycles. The topological polar surface area (TPSA) is 77.4 Å². The van der Waals surface area contributed by atoms with Crippen molar-refractivity contribution in [2.24, 2.45) is 19.2 Å². The molecular weight excluding hydrogens is 344 g/mol. The smallest absolute Gasteiger partial charge is 0.297 e. The third-order valence-corrected chi connectivity index (χ3v) is 4.63. The first-order chi connectivity index (χ1) is 11.9. The molecule has 3 heterocycles. The summed E-state index contributed by atoms with van der Waals surface area (Å²) < 4.78 is 4.25. The highest BCUT2D eigenvalue weighted by Crippen LogP contribution is 2.24. The van der Waals surface area contributed by atoms with Crippen LogP contribution in [-0.4, -0.2) is 31.4 Å². The van der Waals surface area contributed by atoms with E-state index in [-0.39, 0.29) is 5.56 Å². The van der Waals surface area contributed by atoms with Crippen molar-refractivity contribution in [3.05, 3.63) is 55.7 Å². The normalized spacial score (nSPS) is 13.9. The molecule has 25 heavy (non-hydrogen) atoms. The lowest BCUT2D eigenvalue weighted by Gasteiger charge is -2.22. The lowest BCUT2D eigenvalue weighted by atomic mass is 10.1. The Bertz CT molecular complexity index is 1150. The van der Waals surface area contributed by atoms with Gasteiger partial charge in [0.1, 0.15) is 0 Å². The molecule has 4 rings (SSSR count). The standard InChI is InChI=1S/C16H15ClN6O2/c1-20-13-12(14(24)21(2)16(20)25)23-8-11(19-22(3)15(23)18-13)9-4-6-10(17)7-5-9/h4-7H,8H2,1-3H3. The van der Waals surface area contributed by atoms with Gasteiger partial charge in [0, 0.05) is 26.2 Å². The van der Waals surface area contributed by atoms with Crippen molar-refractivity contribution in [1.29, 1.82) is 0 Å². The quantitative estimate of drug-likeness (QED) is 0.648. The van der Waals surface area contributed by atoms with E-state index in [0.29, 0.717) is 28.7 Å². The summed E-state index contributed by atoms with van der Waals surface area (Å²) >= 11 is 5.95. The van der Waals surface area contributed by atoms with Crippen LogP contribution in [0.15, 0.2) is 39.0 Å². The summed E-state index contributed by atoms with van der Waals surface area (Å²) in [5, 5.41) is 6.80. The number of anilines is 1. The van der Waals surface area contributed by atoms with Crippen LogP contribution in [0.5, 0.6) is 0 Å². The van der Waals surface area contributed by atoms with Crippen LogP contribution >= 0.6 is 11.6 Å². The fraction of sp³-hybridized carbons (Fsp3) is 0.250. The molecule has 0 unspecified atom stereocenters. The Hall–Kier alpha value is -2.87. The Morgan fingerprint density at radius 1 is 1.04 bits per heavy atom. The molecule has 128 valence electrons. The van der Waals surface area contributed by atoms with E-state index >= 15 is 0 Å². The number of hydrogen-bond donors (Lipinski definition) is 0. The highest BCUT2D eigenvalue weighted by atomic mass is 35.5. The van der Waals surface area contributed by atoms with E-state index < -0.39 is 5.69 Å². The number of halogens is 1. The molecule has 0 radical (unpaired) electrons. The van der Waals surface area contributed by atoms with E-state index in [1.54, 1.807) is 35.8 Å². The van der Waals surface area contributed by atoms with Crippen molar-refractivity contribution in [2.75, 3.05) is 12.1 Å². The van der Waals surface area contributed by atoms with Crippen LogP contribution in [0.25, 0.3) is 11.2 Å². The number of nitrogens with zero attached hydrogens (tertiary/aromatic N) is 6. The van der Waals surface area contributed by atoms with Crippen molar-refractivity contribution < 1.29 is 0 Å². The van der Waals surface area contributed by atoms with Crippen molar-refractivity contribution in [3.8, 4) is 0 Å². The maximum absolute atomic E-state index is 12.6. The largest absolute Gasteiger partial charge is 0.332 e. The minimum atomic E-state index is -0.408. The minimum Gasteiger partial charge on any atom is -0.297 e. The zero-order chi connectivity index (χ0) is 17.9. The summed E-state index contributed by atoms with van der Waals surface area (Å²) in [4.78, 5) is 29.2. The molecule has 1 aliphatic heterocycles. The van der Waals surface area contributed by atoms with E-state index in [2.05, 4.69) is 10.1 Å². The average molecular weight is 359 g/mol. The summed E-state index contributed by atoms with van der Waals surface area (Å²) in [5.41, 5.74) is 1.64. The predicted octanol–water partition coefficient (Wildman–Crippen LogP) is 0.941. The second kappa shape index (κ2) is 5.32. The molecular formula is C16H15ClN6O2. The average Bonchev–Trinajstić information content (AvgIpc) is 2.99. The first kappa shape index (κ1) is 15.6. The first-order valence-corrected chi connectivity index (χ1v) is 7.99. The Kier molecular flexibility index (Phi) is 3.33. The van der Waals surface area contributed by atoms with Gasteiger partial charge in [-0.3, -0.25) is 18.5 Å². The van der Waals surface area contributed by atoms with Crippen LogP contribution in [0.4, 0.5) is 5.95 Å². The van der Waals surface area contributed by atoms with Gasteiger partial charge in [-0.05, 0) is 17.7 Å². The van der Waals surface area contributed by atoms with Gasteiger partial charge in [-0.15, -0.1) is 0 Å². The number of hydrogen-bond acceptors (Lipinski definition) is 5. The first-order valence-electron chi connectivity index (χ1n) is 7.62. The number of rotatable bonds is 1. The number of aryl methyl sites for hydroxylation is 1. The molecule has 0 atom stereocenters. The van der Waals surface area contributed by atoms with Gasteiger partial charge in [-0.2, -0.15) is 10.1 Å². The van der Waals surface area contributed by atoms with Gasteiger partial charge in [-0.25, -0.2) is 9.80 Å². The van der Waals surface area contributed by atoms with Crippen LogP contribution in [-0.2, 0) is 20.6 Å². The number of fused-ring (bicyclic) bond motifs is 3. The van der Waals surface area contributed by atoms with E-state index in [0.717, 1.165) is 15.8 Å². The van der Waals surface area contributed by atoms with Gasteiger partial charge in [0.2, 0.25) is 5.95 Å². The molecule has 0 amide bonds. The maximum Gasteiger partial charge on any atom is 0.332 e. The van der Waals surface area contributed by atoms with E-state index in [4.69, 9.17) is 11.6 Å². The Morgan fingerprint density at radius 3 is 2.40 bits per heavy atom. The zero-order valence-corrected chi connectivity index (χ0v) is 14.7. The number of aromatic nitrogens is 4. The Morgan fingerprint density at radius 2 is 1.72 bits per heavy atom. The Balaban J connectivity index is 1.95. The van der Waals surface area contributed by atoms with Crippen LogP contribution in [0.3, 0.4) is 0 Å². The van der Waals surface area contributed by atoms with Gasteiger partial charge >= 0.3 is 5.69 Å². The maximum atomic E-state index is 12.6. The second-order valence-electron chi connectivity index (χ2n) is 5.95. The molecule has 2 aromatic heterocycles. The third-order valence-electron chi connectivity index (χ3n) is 4.37. The second-order valence-corrected chi connectivity index (χ2v) is 6.39. The molecule has 8 nitrogen and oxygen atoms in total. The van der Waals surface area contributed by atoms with Crippen LogP contribution in [0.1, 0.15) is 5.56 Å². The van der Waals surface area contributed by atoms with Crippen molar-refractivity contribution in [3.63, 3.8) is 0 Å². The fourth-order valence-corrected chi connectivity index (χ4v) is 3.16. The molecule has 9 heteroatoms.